The van der Waals surface area contributed by atoms with Crippen LogP contribution in [0.15, 0.2) is 24.3 Å². The number of carboxylic acids is 1. The van der Waals surface area contributed by atoms with E-state index in [0.717, 1.165) is 18.4 Å². The van der Waals surface area contributed by atoms with Gasteiger partial charge in [-0.05, 0) is 30.9 Å². The van der Waals surface area contributed by atoms with E-state index >= 15 is 0 Å². The zero-order chi connectivity index (χ0) is 15.7. The maximum Gasteiger partial charge on any atom is 0.326 e. The Balaban J connectivity index is 1.91. The number of anilines is 1. The van der Waals surface area contributed by atoms with Crippen molar-refractivity contribution in [1.82, 2.24) is 4.90 Å². The van der Waals surface area contributed by atoms with E-state index in [9.17, 15) is 19.5 Å². The molecule has 2 aliphatic rings. The second-order valence-corrected chi connectivity index (χ2v) is 5.77. The number of rotatable bonds is 2. The van der Waals surface area contributed by atoms with Crippen molar-refractivity contribution < 1.29 is 19.5 Å². The number of benzene rings is 1. The van der Waals surface area contributed by atoms with E-state index in [-0.39, 0.29) is 18.2 Å². The van der Waals surface area contributed by atoms with Gasteiger partial charge in [0.25, 0.3) is 0 Å². The average Bonchev–Trinajstić information content (AvgIpc) is 2.53. The molecule has 2 unspecified atom stereocenters. The quantitative estimate of drug-likeness (QED) is 0.868. The molecular weight excluding hydrogens is 284 g/mol. The van der Waals surface area contributed by atoms with E-state index in [1.807, 2.05) is 12.1 Å². The summed E-state index contributed by atoms with van der Waals surface area (Å²) in [5.41, 5.74) is 1.41. The largest absolute Gasteiger partial charge is 0.480 e. The molecule has 1 fully saturated rings. The number of hydrogen-bond donors (Lipinski definition) is 2. The van der Waals surface area contributed by atoms with Gasteiger partial charge >= 0.3 is 5.97 Å². The Morgan fingerprint density at radius 3 is 2.77 bits per heavy atom. The molecule has 2 aliphatic heterocycles. The zero-order valence-electron chi connectivity index (χ0n) is 12.1. The Morgan fingerprint density at radius 1 is 1.23 bits per heavy atom. The van der Waals surface area contributed by atoms with Crippen LogP contribution in [0, 0.1) is 0 Å². The minimum atomic E-state index is -0.971. The monoisotopic (exact) mass is 302 g/mol. The Bertz CT molecular complexity index is 628. The van der Waals surface area contributed by atoms with E-state index in [4.69, 9.17) is 0 Å². The van der Waals surface area contributed by atoms with Crippen molar-refractivity contribution >= 4 is 23.5 Å². The first-order valence-corrected chi connectivity index (χ1v) is 7.50. The van der Waals surface area contributed by atoms with Gasteiger partial charge in [0.1, 0.15) is 6.04 Å². The van der Waals surface area contributed by atoms with E-state index in [1.54, 1.807) is 12.1 Å². The number of likely N-dealkylation sites (tertiary alicyclic amines) is 1. The molecule has 1 aromatic rings. The summed E-state index contributed by atoms with van der Waals surface area (Å²) in [6.07, 6.45) is 2.15. The van der Waals surface area contributed by atoms with Crippen LogP contribution < -0.4 is 5.32 Å². The third-order valence-corrected chi connectivity index (χ3v) is 4.37. The van der Waals surface area contributed by atoms with Crippen LogP contribution in [0.2, 0.25) is 0 Å². The molecule has 0 bridgehead atoms. The fraction of sp³-hybridized carbons (Fsp3) is 0.438. The fourth-order valence-corrected chi connectivity index (χ4v) is 3.28. The lowest BCUT2D eigenvalue weighted by Gasteiger charge is -2.36. The maximum atomic E-state index is 12.9. The van der Waals surface area contributed by atoms with Crippen molar-refractivity contribution in [3.63, 3.8) is 0 Å². The summed E-state index contributed by atoms with van der Waals surface area (Å²) in [5, 5.41) is 12.1. The molecule has 3 rings (SSSR count). The lowest BCUT2D eigenvalue weighted by atomic mass is 9.88. The van der Waals surface area contributed by atoms with Crippen molar-refractivity contribution in [3.8, 4) is 0 Å². The van der Waals surface area contributed by atoms with Gasteiger partial charge < -0.3 is 15.3 Å². The Morgan fingerprint density at radius 2 is 2.00 bits per heavy atom. The van der Waals surface area contributed by atoms with Crippen molar-refractivity contribution in [2.45, 2.75) is 37.6 Å². The zero-order valence-corrected chi connectivity index (χ0v) is 12.1. The molecule has 1 saturated heterocycles. The van der Waals surface area contributed by atoms with Crippen molar-refractivity contribution in [2.24, 2.45) is 0 Å². The van der Waals surface area contributed by atoms with Gasteiger partial charge in [-0.3, -0.25) is 9.59 Å². The molecule has 0 saturated carbocycles. The molecule has 6 nitrogen and oxygen atoms in total. The lowest BCUT2D eigenvalue weighted by molar-refractivity contribution is -0.153. The second kappa shape index (κ2) is 5.79. The van der Waals surface area contributed by atoms with Crippen LogP contribution in [0.1, 0.15) is 37.2 Å². The Hall–Kier alpha value is -2.37. The van der Waals surface area contributed by atoms with Gasteiger partial charge in [0.05, 0.1) is 5.92 Å². The topological polar surface area (TPSA) is 86.7 Å². The normalized spacial score (nSPS) is 24.4. The van der Waals surface area contributed by atoms with Gasteiger partial charge in [-0.1, -0.05) is 18.2 Å². The number of amides is 2. The number of hydrogen-bond acceptors (Lipinski definition) is 3. The first kappa shape index (κ1) is 14.6. The molecule has 6 heteroatoms. The highest BCUT2D eigenvalue weighted by Gasteiger charge is 2.38. The first-order chi connectivity index (χ1) is 10.6. The van der Waals surface area contributed by atoms with E-state index in [1.165, 1.54) is 4.90 Å². The molecule has 2 N–H and O–H groups in total. The second-order valence-electron chi connectivity index (χ2n) is 5.77. The number of carbonyl (C=O) groups is 3. The predicted octanol–water partition coefficient (Wildman–Crippen LogP) is 1.58. The highest BCUT2D eigenvalue weighted by atomic mass is 16.4. The number of fused-ring (bicyclic) bond motifs is 1. The van der Waals surface area contributed by atoms with E-state index < -0.39 is 17.9 Å². The van der Waals surface area contributed by atoms with Crippen LogP contribution in [-0.4, -0.2) is 40.4 Å². The number of aliphatic carboxylic acids is 1. The van der Waals surface area contributed by atoms with Gasteiger partial charge in [-0.25, -0.2) is 4.79 Å². The SMILES string of the molecule is O=C1CC(C(=O)N2CCCCC2C(=O)O)c2ccccc2N1. The molecule has 22 heavy (non-hydrogen) atoms. The third kappa shape index (κ3) is 2.56. The van der Waals surface area contributed by atoms with Crippen LogP contribution in [0.4, 0.5) is 5.69 Å². The Labute approximate surface area is 128 Å². The number of nitrogens with zero attached hydrogens (tertiary/aromatic N) is 1. The van der Waals surface area contributed by atoms with Crippen LogP contribution in [0.5, 0.6) is 0 Å². The summed E-state index contributed by atoms with van der Waals surface area (Å²) in [7, 11) is 0. The molecular formula is C16H18N2O4. The molecule has 0 aliphatic carbocycles. The van der Waals surface area contributed by atoms with E-state index in [0.29, 0.717) is 18.7 Å². The molecule has 0 spiro atoms. The molecule has 2 atom stereocenters. The first-order valence-electron chi connectivity index (χ1n) is 7.50. The highest BCUT2D eigenvalue weighted by molar-refractivity contribution is 6.01. The number of carboxylic acid groups (broad SMARTS) is 1. The van der Waals surface area contributed by atoms with Crippen molar-refractivity contribution in [3.05, 3.63) is 29.8 Å². The van der Waals surface area contributed by atoms with Crippen LogP contribution in [-0.2, 0) is 14.4 Å². The minimum absolute atomic E-state index is 0.0681. The molecule has 2 amide bonds. The molecule has 0 aromatic heterocycles. The average molecular weight is 302 g/mol. The van der Waals surface area contributed by atoms with Gasteiger partial charge in [0.15, 0.2) is 0 Å². The van der Waals surface area contributed by atoms with Crippen LogP contribution in [0.25, 0.3) is 0 Å². The highest BCUT2D eigenvalue weighted by Crippen LogP contribution is 2.34. The predicted molar refractivity (Wildman–Crippen MR) is 79.4 cm³/mol. The molecule has 2 heterocycles. The van der Waals surface area contributed by atoms with Gasteiger partial charge in [-0.15, -0.1) is 0 Å². The minimum Gasteiger partial charge on any atom is -0.480 e. The standard InChI is InChI=1S/C16H18N2O4/c19-14-9-11(10-5-1-2-6-12(10)17-14)15(20)18-8-4-3-7-13(18)16(21)22/h1-2,5-6,11,13H,3-4,7-9H2,(H,17,19)(H,21,22). The van der Waals surface area contributed by atoms with Gasteiger partial charge in [0.2, 0.25) is 11.8 Å². The van der Waals surface area contributed by atoms with Crippen LogP contribution >= 0.6 is 0 Å². The van der Waals surface area contributed by atoms with Crippen LogP contribution in [0.3, 0.4) is 0 Å². The third-order valence-electron chi connectivity index (χ3n) is 4.37. The smallest absolute Gasteiger partial charge is 0.326 e. The molecule has 1 aromatic carbocycles. The summed E-state index contributed by atoms with van der Waals surface area (Å²) in [6, 6.07) is 6.42. The van der Waals surface area contributed by atoms with Gasteiger partial charge in [-0.2, -0.15) is 0 Å². The van der Waals surface area contributed by atoms with Gasteiger partial charge in [0, 0.05) is 18.7 Å². The molecule has 0 radical (unpaired) electrons. The Kier molecular flexibility index (Phi) is 3.83. The van der Waals surface area contributed by atoms with Crippen molar-refractivity contribution in [1.29, 1.82) is 0 Å². The van der Waals surface area contributed by atoms with E-state index in [2.05, 4.69) is 5.32 Å². The number of piperidine rings is 1. The number of nitrogens with one attached hydrogen (secondary N) is 1. The van der Waals surface area contributed by atoms with Crippen molar-refractivity contribution in [2.75, 3.05) is 11.9 Å². The fourth-order valence-electron chi connectivity index (χ4n) is 3.28. The summed E-state index contributed by atoms with van der Waals surface area (Å²) < 4.78 is 0. The summed E-state index contributed by atoms with van der Waals surface area (Å²) in [4.78, 5) is 37.5. The summed E-state index contributed by atoms with van der Waals surface area (Å²) >= 11 is 0. The summed E-state index contributed by atoms with van der Waals surface area (Å²) in [5.74, 6) is -2.03. The maximum absolute atomic E-state index is 12.9. The number of carbonyl (C=O) groups excluding carboxylic acids is 2. The number of para-hydroxylation sites is 1. The lowest BCUT2D eigenvalue weighted by Crippen LogP contribution is -2.50. The molecule has 116 valence electrons. The summed E-state index contributed by atoms with van der Waals surface area (Å²) in [6.45, 7) is 0.441.